The average molecular weight is 392 g/mol. The second kappa shape index (κ2) is 6.60. The lowest BCUT2D eigenvalue weighted by atomic mass is 10.1. The van der Waals surface area contributed by atoms with E-state index in [1.54, 1.807) is 6.08 Å². The lowest BCUT2D eigenvalue weighted by Gasteiger charge is -2.20. The fourth-order valence-corrected chi connectivity index (χ4v) is 4.39. The largest absolute Gasteiger partial charge is 0.318 e. The van der Waals surface area contributed by atoms with Crippen molar-refractivity contribution in [2.24, 2.45) is 10.1 Å². The Hall–Kier alpha value is -2.93. The van der Waals surface area contributed by atoms with Crippen LogP contribution in [0.3, 0.4) is 0 Å². The molecule has 2 aliphatic heterocycles. The number of nitrogens with one attached hydrogen (secondary N) is 1. The zero-order valence-electron chi connectivity index (χ0n) is 16.5. The average Bonchev–Trinajstić information content (AvgIpc) is 3.09. The predicted molar refractivity (Wildman–Crippen MR) is 115 cm³/mol. The van der Waals surface area contributed by atoms with Crippen molar-refractivity contribution in [3.8, 4) is 5.69 Å². The molecule has 1 aromatic heterocycles. The molecule has 1 N–H and O–H groups in total. The lowest BCUT2D eigenvalue weighted by Crippen LogP contribution is -2.35. The molecule has 6 nitrogen and oxygen atoms in total. The van der Waals surface area contributed by atoms with Gasteiger partial charge in [-0.15, -0.1) is 0 Å². The highest BCUT2D eigenvalue weighted by Gasteiger charge is 2.34. The number of hydrogen-bond donors (Lipinski definition) is 1. The van der Waals surface area contributed by atoms with E-state index < -0.39 is 5.91 Å². The monoisotopic (exact) mass is 391 g/mol. The smallest absolute Gasteiger partial charge is 0.283 e. The molecule has 142 valence electrons. The minimum atomic E-state index is -0.398. The van der Waals surface area contributed by atoms with Gasteiger partial charge in [0.25, 0.3) is 5.91 Å². The molecule has 2 aromatic rings. The van der Waals surface area contributed by atoms with Crippen LogP contribution in [-0.4, -0.2) is 31.5 Å². The Morgan fingerprint density at radius 2 is 1.71 bits per heavy atom. The first-order valence-electron chi connectivity index (χ1n) is 8.99. The Bertz CT molecular complexity index is 1120. The van der Waals surface area contributed by atoms with Crippen LogP contribution in [0.5, 0.6) is 0 Å². The Kier molecular flexibility index (Phi) is 4.34. The van der Waals surface area contributed by atoms with Crippen LogP contribution in [0.1, 0.15) is 35.0 Å². The van der Waals surface area contributed by atoms with Crippen molar-refractivity contribution in [1.82, 2.24) is 9.58 Å². The summed E-state index contributed by atoms with van der Waals surface area (Å²) in [6, 6.07) is 8.47. The van der Waals surface area contributed by atoms with Gasteiger partial charge in [-0.3, -0.25) is 10.2 Å². The number of fused-ring (bicyclic) bond motifs is 1. The van der Waals surface area contributed by atoms with Gasteiger partial charge in [-0.1, -0.05) is 6.07 Å². The van der Waals surface area contributed by atoms with Gasteiger partial charge < -0.3 is 4.57 Å². The molecule has 0 fully saturated rings. The summed E-state index contributed by atoms with van der Waals surface area (Å²) in [5.74, 6) is -0.333. The molecular weight excluding hydrogens is 370 g/mol. The lowest BCUT2D eigenvalue weighted by molar-refractivity contribution is -0.114. The molecule has 1 aromatic carbocycles. The number of aromatic nitrogens is 1. The quantitative estimate of drug-likeness (QED) is 0.774. The van der Waals surface area contributed by atoms with Gasteiger partial charge in [-0.2, -0.15) is 15.1 Å². The Balaban J connectivity index is 1.79. The SMILES string of the molecule is CC1=NN2C(=N)C(=Cc3cc(C)n(-c4cc(C)cc(C)c4)c3C)C(=O)N=C2S1. The number of aliphatic imine (C=N–C) groups is 1. The summed E-state index contributed by atoms with van der Waals surface area (Å²) in [5, 5.41) is 15.4. The van der Waals surface area contributed by atoms with Crippen molar-refractivity contribution in [3.63, 3.8) is 0 Å². The van der Waals surface area contributed by atoms with Crippen LogP contribution in [0.4, 0.5) is 0 Å². The third kappa shape index (κ3) is 3.01. The van der Waals surface area contributed by atoms with Gasteiger partial charge in [0.2, 0.25) is 5.17 Å². The zero-order valence-corrected chi connectivity index (χ0v) is 17.3. The molecule has 0 aliphatic carbocycles. The van der Waals surface area contributed by atoms with Gasteiger partial charge in [0.05, 0.1) is 10.6 Å². The number of hydrazone groups is 1. The molecule has 7 heteroatoms. The number of nitrogens with zero attached hydrogens (tertiary/aromatic N) is 4. The van der Waals surface area contributed by atoms with Gasteiger partial charge in [0.15, 0.2) is 5.84 Å². The number of thioether (sulfide) groups is 1. The fourth-order valence-electron chi connectivity index (χ4n) is 3.65. The van der Waals surface area contributed by atoms with E-state index in [0.717, 1.165) is 27.7 Å². The van der Waals surface area contributed by atoms with Gasteiger partial charge >= 0.3 is 0 Å². The minimum absolute atomic E-state index is 0.0653. The summed E-state index contributed by atoms with van der Waals surface area (Å²) in [6.07, 6.45) is 1.75. The summed E-state index contributed by atoms with van der Waals surface area (Å²) in [7, 11) is 0. The van der Waals surface area contributed by atoms with Crippen LogP contribution in [0, 0.1) is 33.1 Å². The van der Waals surface area contributed by atoms with E-state index in [-0.39, 0.29) is 11.4 Å². The molecule has 28 heavy (non-hydrogen) atoms. The van der Waals surface area contributed by atoms with Crippen molar-refractivity contribution >= 4 is 39.8 Å². The van der Waals surface area contributed by atoms with Crippen LogP contribution in [0.15, 0.2) is 39.9 Å². The second-order valence-electron chi connectivity index (χ2n) is 7.15. The first-order valence-corrected chi connectivity index (χ1v) is 9.80. The molecule has 4 rings (SSSR count). The van der Waals surface area contributed by atoms with Crippen LogP contribution >= 0.6 is 11.8 Å². The number of hydrogen-bond acceptors (Lipinski definition) is 4. The van der Waals surface area contributed by atoms with E-state index in [9.17, 15) is 4.79 Å². The van der Waals surface area contributed by atoms with Crippen LogP contribution < -0.4 is 0 Å². The van der Waals surface area contributed by atoms with Crippen molar-refractivity contribution in [1.29, 1.82) is 5.41 Å². The highest BCUT2D eigenvalue weighted by atomic mass is 32.2. The summed E-state index contributed by atoms with van der Waals surface area (Å²) in [5.41, 5.74) is 6.74. The highest BCUT2D eigenvalue weighted by molar-refractivity contribution is 8.26. The topological polar surface area (TPSA) is 73.8 Å². The number of amides is 1. The number of carbonyl (C=O) groups excluding carboxylic acids is 1. The van der Waals surface area contributed by atoms with Gasteiger partial charge in [0.1, 0.15) is 0 Å². The standard InChI is InChI=1S/C21H21N5OS/c1-11-6-12(2)8-17(7-11)25-13(3)9-16(14(25)4)10-18-19(22)26-21(23-20(18)27)28-15(5)24-26/h6-10,22H,1-5H3. The third-order valence-corrected chi connectivity index (χ3v) is 5.61. The Morgan fingerprint density at radius 3 is 2.39 bits per heavy atom. The van der Waals surface area contributed by atoms with Crippen LogP contribution in [0.2, 0.25) is 0 Å². The van der Waals surface area contributed by atoms with Crippen molar-refractivity contribution in [2.45, 2.75) is 34.6 Å². The first-order chi connectivity index (χ1) is 13.2. The Morgan fingerprint density at radius 1 is 1.04 bits per heavy atom. The van der Waals surface area contributed by atoms with Crippen molar-refractivity contribution in [2.75, 3.05) is 0 Å². The number of carbonyl (C=O) groups is 1. The van der Waals surface area contributed by atoms with Crippen molar-refractivity contribution in [3.05, 3.63) is 57.9 Å². The molecule has 0 bridgehead atoms. The maximum absolute atomic E-state index is 12.5. The highest BCUT2D eigenvalue weighted by Crippen LogP contribution is 2.29. The Labute approximate surface area is 168 Å². The fraction of sp³-hybridized carbons (Fsp3) is 0.238. The molecule has 0 atom stereocenters. The van der Waals surface area contributed by atoms with Gasteiger partial charge in [0, 0.05) is 17.1 Å². The molecule has 3 heterocycles. The number of aryl methyl sites for hydroxylation is 3. The minimum Gasteiger partial charge on any atom is -0.318 e. The molecule has 0 radical (unpaired) electrons. The van der Waals surface area contributed by atoms with Gasteiger partial charge in [-0.05, 0) is 87.3 Å². The maximum atomic E-state index is 12.5. The third-order valence-electron chi connectivity index (χ3n) is 4.79. The molecular formula is C21H21N5OS. The molecule has 2 aliphatic rings. The number of benzene rings is 1. The second-order valence-corrected chi connectivity index (χ2v) is 8.31. The van der Waals surface area contributed by atoms with Gasteiger partial charge in [-0.25, -0.2) is 0 Å². The summed E-state index contributed by atoms with van der Waals surface area (Å²) < 4.78 is 2.17. The van der Waals surface area contributed by atoms with E-state index >= 15 is 0 Å². The molecule has 0 saturated heterocycles. The maximum Gasteiger partial charge on any atom is 0.283 e. The zero-order chi connectivity index (χ0) is 20.2. The molecule has 1 amide bonds. The van der Waals surface area contributed by atoms with E-state index in [1.807, 2.05) is 26.8 Å². The van der Waals surface area contributed by atoms with Crippen molar-refractivity contribution < 1.29 is 4.79 Å². The summed E-state index contributed by atoms with van der Waals surface area (Å²) >= 11 is 1.31. The summed E-state index contributed by atoms with van der Waals surface area (Å²) in [6.45, 7) is 10.1. The van der Waals surface area contributed by atoms with E-state index in [2.05, 4.69) is 46.7 Å². The van der Waals surface area contributed by atoms with E-state index in [1.165, 1.54) is 27.9 Å². The molecule has 0 saturated carbocycles. The molecule has 0 unspecified atom stereocenters. The number of rotatable bonds is 2. The number of amidine groups is 2. The van der Waals surface area contributed by atoms with E-state index in [4.69, 9.17) is 5.41 Å². The first kappa shape index (κ1) is 18.4. The van der Waals surface area contributed by atoms with Crippen LogP contribution in [0.25, 0.3) is 11.8 Å². The summed E-state index contributed by atoms with van der Waals surface area (Å²) in [4.78, 5) is 16.6. The normalized spacial score (nSPS) is 17.9. The van der Waals surface area contributed by atoms with E-state index in [0.29, 0.717) is 5.17 Å². The molecule has 0 spiro atoms. The van der Waals surface area contributed by atoms with Crippen LogP contribution in [-0.2, 0) is 4.79 Å². The predicted octanol–water partition coefficient (Wildman–Crippen LogP) is 4.35.